The van der Waals surface area contributed by atoms with Crippen LogP contribution in [-0.4, -0.2) is 59.4 Å². The van der Waals surface area contributed by atoms with E-state index in [2.05, 4.69) is 0 Å². The van der Waals surface area contributed by atoms with E-state index in [-0.39, 0.29) is 11.7 Å². The summed E-state index contributed by atoms with van der Waals surface area (Å²) in [6, 6.07) is 1.47. The highest BCUT2D eigenvalue weighted by Gasteiger charge is 2.36. The summed E-state index contributed by atoms with van der Waals surface area (Å²) in [5, 5.41) is 31.4. The largest absolute Gasteiger partial charge is 0.391 e. The highest BCUT2D eigenvalue weighted by atomic mass is 32.1. The third-order valence-corrected chi connectivity index (χ3v) is 4.88. The van der Waals surface area contributed by atoms with Crippen LogP contribution in [0.3, 0.4) is 0 Å². The lowest BCUT2D eigenvalue weighted by molar-refractivity contribution is -0.383. The topological polar surface area (TPSA) is 90.1 Å². The number of aliphatic hydroxyl groups is 2. The molecule has 0 radical (unpaired) electrons. The van der Waals surface area contributed by atoms with E-state index in [9.17, 15) is 20.3 Å². The summed E-state index contributed by atoms with van der Waals surface area (Å²) < 4.78 is 0. The van der Waals surface area contributed by atoms with Gasteiger partial charge in [0.15, 0.2) is 5.00 Å². The van der Waals surface area contributed by atoms with Gasteiger partial charge in [-0.1, -0.05) is 0 Å². The molecule has 118 valence electrons. The molecule has 1 aromatic rings. The van der Waals surface area contributed by atoms with Crippen molar-refractivity contribution in [2.45, 2.75) is 31.6 Å². The van der Waals surface area contributed by atoms with E-state index in [1.54, 1.807) is 6.92 Å². The van der Waals surface area contributed by atoms with Gasteiger partial charge in [-0.2, -0.15) is 0 Å². The quantitative estimate of drug-likeness (QED) is 0.627. The number of anilines is 1. The van der Waals surface area contributed by atoms with Crippen molar-refractivity contribution in [2.75, 3.05) is 32.1 Å². The van der Waals surface area contributed by atoms with Crippen LogP contribution >= 0.6 is 11.3 Å². The lowest BCUT2D eigenvalue weighted by Crippen LogP contribution is -2.37. The van der Waals surface area contributed by atoms with E-state index in [1.165, 1.54) is 17.4 Å². The Morgan fingerprint density at radius 2 is 2.29 bits per heavy atom. The number of hydrogen-bond donors (Lipinski definition) is 2. The minimum atomic E-state index is -0.734. The molecule has 2 N–H and O–H groups in total. The third kappa shape index (κ3) is 3.52. The van der Waals surface area contributed by atoms with Crippen molar-refractivity contribution in [2.24, 2.45) is 0 Å². The molecule has 0 aliphatic carbocycles. The monoisotopic (exact) mass is 315 g/mol. The molecule has 2 rings (SSSR count). The lowest BCUT2D eigenvalue weighted by atomic mass is 10.2. The van der Waals surface area contributed by atoms with Crippen molar-refractivity contribution in [3.8, 4) is 0 Å². The first-order valence-corrected chi connectivity index (χ1v) is 7.66. The molecule has 0 spiro atoms. The van der Waals surface area contributed by atoms with Crippen LogP contribution in [0.15, 0.2) is 6.07 Å². The summed E-state index contributed by atoms with van der Waals surface area (Å²) in [5.74, 6) is 0. The molecule has 0 bridgehead atoms. The highest BCUT2D eigenvalue weighted by molar-refractivity contribution is 7.16. The Bertz CT molecular complexity index is 518. The Balaban J connectivity index is 2.36. The van der Waals surface area contributed by atoms with Gasteiger partial charge >= 0.3 is 5.69 Å². The van der Waals surface area contributed by atoms with E-state index in [0.717, 1.165) is 6.54 Å². The van der Waals surface area contributed by atoms with Gasteiger partial charge in [-0.25, -0.2) is 0 Å². The summed E-state index contributed by atoms with van der Waals surface area (Å²) in [6.07, 6.45) is -0.619. The van der Waals surface area contributed by atoms with Crippen molar-refractivity contribution >= 4 is 22.0 Å². The number of likely N-dealkylation sites (N-methyl/N-ethyl adjacent to an activating group) is 1. The molecular weight excluding hydrogens is 294 g/mol. The molecular formula is C13H21N3O4S. The van der Waals surface area contributed by atoms with Crippen LogP contribution in [0.1, 0.15) is 24.3 Å². The number of aliphatic hydroxyl groups excluding tert-OH is 2. The van der Waals surface area contributed by atoms with Gasteiger partial charge in [0, 0.05) is 30.1 Å². The van der Waals surface area contributed by atoms with Crippen molar-refractivity contribution in [1.82, 2.24) is 4.90 Å². The second-order valence-corrected chi connectivity index (χ2v) is 6.79. The van der Waals surface area contributed by atoms with Gasteiger partial charge in [-0.15, -0.1) is 11.3 Å². The molecule has 21 heavy (non-hydrogen) atoms. The fraction of sp³-hybridized carbons (Fsp3) is 0.692. The zero-order valence-corrected chi connectivity index (χ0v) is 13.2. The fourth-order valence-electron chi connectivity index (χ4n) is 2.67. The zero-order chi connectivity index (χ0) is 15.7. The van der Waals surface area contributed by atoms with E-state index < -0.39 is 17.1 Å². The maximum Gasteiger partial charge on any atom is 0.304 e. The van der Waals surface area contributed by atoms with Gasteiger partial charge in [-0.05, 0) is 27.4 Å². The Kier molecular flexibility index (Phi) is 4.82. The summed E-state index contributed by atoms with van der Waals surface area (Å²) in [5.41, 5.74) is 0.00811. The number of β-amino-alcohol motifs (C(OH)–C–C–N with tert-alkyl or cyclic N) is 1. The van der Waals surface area contributed by atoms with Gasteiger partial charge in [0.1, 0.15) is 0 Å². The molecule has 1 aliphatic heterocycles. The van der Waals surface area contributed by atoms with Crippen LogP contribution in [0.4, 0.5) is 10.7 Å². The first kappa shape index (κ1) is 16.2. The van der Waals surface area contributed by atoms with Crippen LogP contribution < -0.4 is 4.90 Å². The van der Waals surface area contributed by atoms with Crippen LogP contribution in [-0.2, 0) is 0 Å². The summed E-state index contributed by atoms with van der Waals surface area (Å²) in [4.78, 5) is 15.3. The minimum absolute atomic E-state index is 0.00811. The Morgan fingerprint density at radius 1 is 1.62 bits per heavy atom. The van der Waals surface area contributed by atoms with Crippen LogP contribution in [0.25, 0.3) is 0 Å². The second kappa shape index (κ2) is 6.27. The number of hydrogen-bond acceptors (Lipinski definition) is 7. The number of nitrogens with zero attached hydrogens (tertiary/aromatic N) is 3. The molecule has 0 amide bonds. The van der Waals surface area contributed by atoms with Gasteiger partial charge < -0.3 is 20.0 Å². The SMILES string of the molecule is CC(O)c1cc([N+](=O)[O-])c(N2CC(O)CC2CN(C)C)s1. The maximum atomic E-state index is 11.3. The normalized spacial score (nSPS) is 23.8. The average molecular weight is 315 g/mol. The van der Waals surface area contributed by atoms with Crippen LogP contribution in [0.2, 0.25) is 0 Å². The molecule has 0 saturated carbocycles. The molecule has 1 aromatic heterocycles. The molecule has 3 unspecified atom stereocenters. The number of thiophene rings is 1. The van der Waals surface area contributed by atoms with E-state index in [1.807, 2.05) is 23.9 Å². The van der Waals surface area contributed by atoms with Gasteiger partial charge in [0.25, 0.3) is 0 Å². The third-order valence-electron chi connectivity index (χ3n) is 3.55. The Labute approximate surface area is 127 Å². The van der Waals surface area contributed by atoms with Crippen LogP contribution in [0.5, 0.6) is 0 Å². The van der Waals surface area contributed by atoms with Crippen molar-refractivity contribution in [1.29, 1.82) is 0 Å². The highest BCUT2D eigenvalue weighted by Crippen LogP contribution is 2.42. The van der Waals surface area contributed by atoms with Crippen LogP contribution in [0, 0.1) is 10.1 Å². The molecule has 1 aliphatic rings. The Morgan fingerprint density at radius 3 is 2.81 bits per heavy atom. The number of rotatable bonds is 5. The maximum absolute atomic E-state index is 11.3. The molecule has 1 saturated heterocycles. The second-order valence-electron chi connectivity index (χ2n) is 5.73. The van der Waals surface area contributed by atoms with Gasteiger partial charge in [0.05, 0.1) is 17.1 Å². The predicted molar refractivity (Wildman–Crippen MR) is 81.9 cm³/mol. The van der Waals surface area contributed by atoms with Crippen molar-refractivity contribution in [3.05, 3.63) is 21.1 Å². The first-order valence-electron chi connectivity index (χ1n) is 6.85. The molecule has 1 fully saturated rings. The minimum Gasteiger partial charge on any atom is -0.391 e. The van der Waals surface area contributed by atoms with Gasteiger partial charge in [-0.3, -0.25) is 10.1 Å². The van der Waals surface area contributed by atoms with E-state index >= 15 is 0 Å². The van der Waals surface area contributed by atoms with E-state index in [4.69, 9.17) is 0 Å². The molecule has 7 nitrogen and oxygen atoms in total. The number of nitro groups is 1. The zero-order valence-electron chi connectivity index (χ0n) is 12.4. The molecule has 3 atom stereocenters. The molecule has 2 heterocycles. The summed E-state index contributed by atoms with van der Waals surface area (Å²) in [6.45, 7) is 2.70. The predicted octanol–water partition coefficient (Wildman–Crippen LogP) is 1.21. The van der Waals surface area contributed by atoms with E-state index in [0.29, 0.717) is 22.8 Å². The Hall–Kier alpha value is -1.22. The van der Waals surface area contributed by atoms with Crippen molar-refractivity contribution in [3.63, 3.8) is 0 Å². The lowest BCUT2D eigenvalue weighted by Gasteiger charge is -2.26. The summed E-state index contributed by atoms with van der Waals surface area (Å²) >= 11 is 1.23. The standard InChI is InChI=1S/C13H21N3O4S/c1-8(17)12-5-11(16(19)20)13(21-12)15-7-10(18)4-9(15)6-14(2)3/h5,8-10,17-18H,4,6-7H2,1-3H3. The fourth-order valence-corrected chi connectivity index (χ4v) is 3.81. The first-order chi connectivity index (χ1) is 9.79. The average Bonchev–Trinajstić information content (AvgIpc) is 2.92. The van der Waals surface area contributed by atoms with Gasteiger partial charge in [0.2, 0.25) is 0 Å². The molecule has 0 aromatic carbocycles. The molecule has 8 heteroatoms. The smallest absolute Gasteiger partial charge is 0.304 e. The van der Waals surface area contributed by atoms with Crippen molar-refractivity contribution < 1.29 is 15.1 Å². The summed E-state index contributed by atoms with van der Waals surface area (Å²) in [7, 11) is 3.87.